The van der Waals surface area contributed by atoms with Crippen molar-refractivity contribution in [3.63, 3.8) is 0 Å². The Balaban J connectivity index is 1.44. The first-order valence-corrected chi connectivity index (χ1v) is 10.9. The molecule has 0 aromatic carbocycles. The molecular formula is C24H23N5OS. The van der Waals surface area contributed by atoms with Crippen molar-refractivity contribution in [2.45, 2.75) is 26.3 Å². The molecule has 0 saturated heterocycles. The number of carbonyl (C=O) groups excluding carboxylic acids is 1. The van der Waals surface area contributed by atoms with Gasteiger partial charge < -0.3 is 4.57 Å². The number of hydrogen-bond donors (Lipinski definition) is 1. The molecule has 0 fully saturated rings. The van der Waals surface area contributed by atoms with E-state index in [-0.39, 0.29) is 5.91 Å². The van der Waals surface area contributed by atoms with E-state index in [1.807, 2.05) is 52.6 Å². The number of thiazole rings is 1. The first-order valence-electron chi connectivity index (χ1n) is 10.0. The van der Waals surface area contributed by atoms with Crippen molar-refractivity contribution >= 4 is 34.5 Å². The number of carbonyl (C=O) groups is 1. The number of aromatic nitrogens is 4. The highest BCUT2D eigenvalue weighted by molar-refractivity contribution is 7.14. The molecule has 7 heteroatoms. The Labute approximate surface area is 185 Å². The molecule has 31 heavy (non-hydrogen) atoms. The van der Waals surface area contributed by atoms with E-state index in [0.717, 1.165) is 17.0 Å². The lowest BCUT2D eigenvalue weighted by Crippen LogP contribution is -2.17. The average molecular weight is 430 g/mol. The summed E-state index contributed by atoms with van der Waals surface area (Å²) in [6.07, 6.45) is 11.1. The lowest BCUT2D eigenvalue weighted by molar-refractivity contribution is 0.101. The first kappa shape index (κ1) is 20.7. The maximum absolute atomic E-state index is 12.8. The van der Waals surface area contributed by atoms with Gasteiger partial charge in [0.1, 0.15) is 5.69 Å². The monoisotopic (exact) mass is 429 g/mol. The van der Waals surface area contributed by atoms with Gasteiger partial charge in [-0.1, -0.05) is 19.9 Å². The standard InChI is InChI=1S/C24H23N5OS/c1-17(2)20-5-3-11-26-21(20)8-7-19-16-31-24(27-19)28-23(30)22-6-4-14-29(22)15-18-9-12-25-13-10-18/h3-14,16-17H,15H2,1-2H3,(H,27,28,30)/b8-7+. The highest BCUT2D eigenvalue weighted by Gasteiger charge is 2.13. The third-order valence-electron chi connectivity index (χ3n) is 4.81. The molecule has 0 aliphatic carbocycles. The van der Waals surface area contributed by atoms with Gasteiger partial charge in [0.25, 0.3) is 5.91 Å². The highest BCUT2D eigenvalue weighted by atomic mass is 32.1. The third-order valence-corrected chi connectivity index (χ3v) is 5.59. The maximum Gasteiger partial charge on any atom is 0.274 e. The van der Waals surface area contributed by atoms with Crippen LogP contribution in [0.4, 0.5) is 5.13 Å². The van der Waals surface area contributed by atoms with Crippen LogP contribution < -0.4 is 5.32 Å². The highest BCUT2D eigenvalue weighted by Crippen LogP contribution is 2.21. The van der Waals surface area contributed by atoms with Gasteiger partial charge in [-0.15, -0.1) is 11.3 Å². The molecule has 156 valence electrons. The van der Waals surface area contributed by atoms with Crippen LogP contribution in [0.2, 0.25) is 0 Å². The van der Waals surface area contributed by atoms with E-state index in [4.69, 9.17) is 0 Å². The Morgan fingerprint density at radius 1 is 1.13 bits per heavy atom. The lowest BCUT2D eigenvalue weighted by Gasteiger charge is -2.08. The Morgan fingerprint density at radius 3 is 2.77 bits per heavy atom. The zero-order valence-electron chi connectivity index (χ0n) is 17.4. The second-order valence-electron chi connectivity index (χ2n) is 7.37. The summed E-state index contributed by atoms with van der Waals surface area (Å²) in [5.74, 6) is 0.206. The van der Waals surface area contributed by atoms with Crippen molar-refractivity contribution in [2.24, 2.45) is 0 Å². The van der Waals surface area contributed by atoms with Crippen molar-refractivity contribution in [1.82, 2.24) is 19.5 Å². The third kappa shape index (κ3) is 5.13. The Kier molecular flexibility index (Phi) is 6.33. The van der Waals surface area contributed by atoms with Crippen molar-refractivity contribution in [3.05, 3.63) is 94.8 Å². The molecule has 4 aromatic heterocycles. The number of nitrogens with zero attached hydrogens (tertiary/aromatic N) is 4. The molecule has 0 saturated carbocycles. The fourth-order valence-corrected chi connectivity index (χ4v) is 3.92. The van der Waals surface area contributed by atoms with Crippen LogP contribution in [-0.4, -0.2) is 25.4 Å². The Bertz CT molecular complexity index is 1190. The first-order chi connectivity index (χ1) is 15.1. The van der Waals surface area contributed by atoms with Gasteiger partial charge in [0.2, 0.25) is 0 Å². The summed E-state index contributed by atoms with van der Waals surface area (Å²) in [6.45, 7) is 4.90. The van der Waals surface area contributed by atoms with E-state index in [0.29, 0.717) is 23.3 Å². The number of amides is 1. The zero-order chi connectivity index (χ0) is 21.6. The van der Waals surface area contributed by atoms with Crippen LogP contribution in [0.1, 0.15) is 52.8 Å². The minimum absolute atomic E-state index is 0.184. The summed E-state index contributed by atoms with van der Waals surface area (Å²) in [4.78, 5) is 25.8. The molecule has 1 amide bonds. The molecule has 0 atom stereocenters. The molecule has 0 unspecified atom stereocenters. The summed E-state index contributed by atoms with van der Waals surface area (Å²) in [7, 11) is 0. The van der Waals surface area contributed by atoms with Gasteiger partial charge >= 0.3 is 0 Å². The Hall–Kier alpha value is -3.58. The van der Waals surface area contributed by atoms with E-state index in [2.05, 4.69) is 40.2 Å². The molecule has 6 nitrogen and oxygen atoms in total. The SMILES string of the molecule is CC(C)c1cccnc1/C=C/c1csc(NC(=O)c2cccn2Cc2ccncc2)n1. The zero-order valence-corrected chi connectivity index (χ0v) is 18.2. The second-order valence-corrected chi connectivity index (χ2v) is 8.23. The van der Waals surface area contributed by atoms with Crippen LogP contribution in [-0.2, 0) is 6.54 Å². The van der Waals surface area contributed by atoms with Crippen molar-refractivity contribution < 1.29 is 4.79 Å². The number of pyridine rings is 2. The molecule has 4 rings (SSSR count). The summed E-state index contributed by atoms with van der Waals surface area (Å²) < 4.78 is 1.91. The number of hydrogen-bond acceptors (Lipinski definition) is 5. The Morgan fingerprint density at radius 2 is 1.97 bits per heavy atom. The van der Waals surface area contributed by atoms with Crippen molar-refractivity contribution in [2.75, 3.05) is 5.32 Å². The largest absolute Gasteiger partial charge is 0.339 e. The normalized spacial score (nSPS) is 11.3. The van der Waals surface area contributed by atoms with Gasteiger partial charge in [0.05, 0.1) is 11.4 Å². The van der Waals surface area contributed by atoms with Gasteiger partial charge in [0.15, 0.2) is 5.13 Å². The summed E-state index contributed by atoms with van der Waals surface area (Å²) in [5, 5.41) is 5.38. The average Bonchev–Trinajstić information content (AvgIpc) is 3.42. The topological polar surface area (TPSA) is 72.7 Å². The minimum atomic E-state index is -0.184. The van der Waals surface area contributed by atoms with Gasteiger partial charge in [-0.3, -0.25) is 20.1 Å². The molecule has 0 aliphatic heterocycles. The number of anilines is 1. The van der Waals surface area contributed by atoms with Gasteiger partial charge in [0, 0.05) is 36.7 Å². The summed E-state index contributed by atoms with van der Waals surface area (Å²) in [5.41, 5.74) is 4.58. The smallest absolute Gasteiger partial charge is 0.274 e. The van der Waals surface area contributed by atoms with Gasteiger partial charge in [-0.05, 0) is 59.5 Å². The molecule has 0 bridgehead atoms. The molecule has 0 aliphatic rings. The van der Waals surface area contributed by atoms with Crippen LogP contribution >= 0.6 is 11.3 Å². The van der Waals surface area contributed by atoms with E-state index in [1.54, 1.807) is 24.7 Å². The van der Waals surface area contributed by atoms with Gasteiger partial charge in [-0.25, -0.2) is 4.98 Å². The van der Waals surface area contributed by atoms with Crippen LogP contribution in [0.3, 0.4) is 0 Å². The van der Waals surface area contributed by atoms with Crippen LogP contribution in [0.25, 0.3) is 12.2 Å². The predicted octanol–water partition coefficient (Wildman–Crippen LogP) is 5.33. The predicted molar refractivity (Wildman–Crippen MR) is 125 cm³/mol. The molecular weight excluding hydrogens is 406 g/mol. The fraction of sp³-hybridized carbons (Fsp3) is 0.167. The van der Waals surface area contributed by atoms with E-state index >= 15 is 0 Å². The molecule has 1 N–H and O–H groups in total. The number of nitrogens with one attached hydrogen (secondary N) is 1. The molecule has 0 radical (unpaired) electrons. The van der Waals surface area contributed by atoms with Crippen molar-refractivity contribution in [3.8, 4) is 0 Å². The fourth-order valence-electron chi connectivity index (χ4n) is 3.25. The number of rotatable bonds is 7. The minimum Gasteiger partial charge on any atom is -0.339 e. The van der Waals surface area contributed by atoms with E-state index < -0.39 is 0 Å². The van der Waals surface area contributed by atoms with Crippen molar-refractivity contribution in [1.29, 1.82) is 0 Å². The lowest BCUT2D eigenvalue weighted by atomic mass is 10.0. The maximum atomic E-state index is 12.8. The quantitative estimate of drug-likeness (QED) is 0.431. The van der Waals surface area contributed by atoms with Crippen LogP contribution in [0.15, 0.2) is 66.6 Å². The summed E-state index contributed by atoms with van der Waals surface area (Å²) in [6, 6.07) is 11.6. The molecule has 0 spiro atoms. The molecule has 4 aromatic rings. The second kappa shape index (κ2) is 9.49. The molecule has 4 heterocycles. The summed E-state index contributed by atoms with van der Waals surface area (Å²) >= 11 is 1.40. The van der Waals surface area contributed by atoms with Gasteiger partial charge in [-0.2, -0.15) is 0 Å². The van der Waals surface area contributed by atoms with Crippen LogP contribution in [0, 0.1) is 0 Å². The van der Waals surface area contributed by atoms with E-state index in [9.17, 15) is 4.79 Å². The van der Waals surface area contributed by atoms with Crippen LogP contribution in [0.5, 0.6) is 0 Å². The van der Waals surface area contributed by atoms with E-state index in [1.165, 1.54) is 16.9 Å².